The van der Waals surface area contributed by atoms with Crippen LogP contribution in [0.2, 0.25) is 0 Å². The van der Waals surface area contributed by atoms with Gasteiger partial charge in [0.05, 0.1) is 34.7 Å². The fourth-order valence-corrected chi connectivity index (χ4v) is 7.69. The van der Waals surface area contributed by atoms with Crippen LogP contribution in [0.25, 0.3) is 0 Å². The van der Waals surface area contributed by atoms with Gasteiger partial charge in [-0.25, -0.2) is 13.2 Å². The largest absolute Gasteiger partial charge is 0.411 e. The molecule has 278 valence electrons. The van der Waals surface area contributed by atoms with E-state index >= 15 is 0 Å². The lowest BCUT2D eigenvalue weighted by Crippen LogP contribution is -2.57. The number of amides is 4. The molecule has 1 heterocycles. The second-order valence-electron chi connectivity index (χ2n) is 13.4. The number of aliphatic hydroxyl groups excluding tert-OH is 1. The van der Waals surface area contributed by atoms with Crippen LogP contribution in [-0.4, -0.2) is 99.6 Å². The fraction of sp³-hybridized carbons (Fsp3) is 0.389. The van der Waals surface area contributed by atoms with Gasteiger partial charge in [0, 0.05) is 25.2 Å². The second-order valence-corrected chi connectivity index (χ2v) is 15.3. The molecule has 0 aliphatic carbocycles. The van der Waals surface area contributed by atoms with Gasteiger partial charge in [0.25, 0.3) is 11.6 Å². The Labute approximate surface area is 302 Å². The molecule has 4 rings (SSSR count). The van der Waals surface area contributed by atoms with Gasteiger partial charge in [0.2, 0.25) is 15.9 Å². The summed E-state index contributed by atoms with van der Waals surface area (Å²) in [4.78, 5) is 53.5. The van der Waals surface area contributed by atoms with E-state index in [0.717, 1.165) is 25.9 Å². The Morgan fingerprint density at radius 2 is 1.65 bits per heavy atom. The quantitative estimate of drug-likeness (QED) is 0.0608. The van der Waals surface area contributed by atoms with Crippen molar-refractivity contribution >= 4 is 39.8 Å². The highest BCUT2D eigenvalue weighted by Gasteiger charge is 2.44. The van der Waals surface area contributed by atoms with Crippen molar-refractivity contribution in [2.24, 2.45) is 17.0 Å². The van der Waals surface area contributed by atoms with Crippen LogP contribution in [0.4, 0.5) is 10.5 Å². The third-order valence-corrected chi connectivity index (χ3v) is 10.4. The number of imide groups is 1. The van der Waals surface area contributed by atoms with E-state index in [9.17, 15) is 38.0 Å². The predicted molar refractivity (Wildman–Crippen MR) is 192 cm³/mol. The molecular weight excluding hydrogens is 692 g/mol. The van der Waals surface area contributed by atoms with Crippen LogP contribution >= 0.6 is 0 Å². The molecule has 0 spiro atoms. The first-order valence-corrected chi connectivity index (χ1v) is 18.2. The number of hydrogen-bond acceptors (Lipinski definition) is 10. The standard InChI is InChI=1S/C36H44N6O9S/c1-24(2)20-39(52(50,51)30-15-13-27(14-16-30)19-37-47)22-32(43)31(18-26-9-6-5-7-10-26)38-35(45)34(25(3)4)41-23-33(44)40(36(41)46)21-28-11-8-12-29(17-28)42(48)49/h5-17,19,24-25,31-32,34,43,47H,18,20-23H2,1-4H3,(H,38,45)/b37-19+/t31-,32+,34-/m0/s1. The third-order valence-electron chi connectivity index (χ3n) is 8.56. The van der Waals surface area contributed by atoms with E-state index in [4.69, 9.17) is 5.21 Å². The summed E-state index contributed by atoms with van der Waals surface area (Å²) < 4.78 is 28.9. The fourth-order valence-electron chi connectivity index (χ4n) is 6.06. The highest BCUT2D eigenvalue weighted by Crippen LogP contribution is 2.24. The number of aliphatic hydroxyl groups is 1. The zero-order valence-electron chi connectivity index (χ0n) is 29.4. The molecular formula is C36H44N6O9S. The summed E-state index contributed by atoms with van der Waals surface area (Å²) in [6.45, 7) is 6.15. The maximum absolute atomic E-state index is 14.1. The Morgan fingerprint density at radius 1 is 1.00 bits per heavy atom. The molecule has 3 N–H and O–H groups in total. The van der Waals surface area contributed by atoms with Gasteiger partial charge in [-0.1, -0.05) is 87.4 Å². The molecule has 15 nitrogen and oxygen atoms in total. The maximum atomic E-state index is 14.1. The Bertz CT molecular complexity index is 1870. The highest BCUT2D eigenvalue weighted by molar-refractivity contribution is 7.89. The van der Waals surface area contributed by atoms with E-state index in [-0.39, 0.29) is 42.6 Å². The number of urea groups is 1. The first kappa shape index (κ1) is 39.6. The van der Waals surface area contributed by atoms with Crippen molar-refractivity contribution in [3.63, 3.8) is 0 Å². The van der Waals surface area contributed by atoms with Crippen LogP contribution in [0.1, 0.15) is 44.4 Å². The van der Waals surface area contributed by atoms with Crippen LogP contribution in [0.3, 0.4) is 0 Å². The normalized spacial score (nSPS) is 15.5. The summed E-state index contributed by atoms with van der Waals surface area (Å²) in [6, 6.07) is 17.4. The zero-order chi connectivity index (χ0) is 38.2. The van der Waals surface area contributed by atoms with Crippen LogP contribution in [0.5, 0.6) is 0 Å². The molecule has 0 radical (unpaired) electrons. The number of nitro benzene ring substituents is 1. The van der Waals surface area contributed by atoms with E-state index in [1.54, 1.807) is 44.2 Å². The van der Waals surface area contributed by atoms with Gasteiger partial charge < -0.3 is 20.5 Å². The number of nitrogens with zero attached hydrogens (tertiary/aromatic N) is 5. The molecule has 0 bridgehead atoms. The minimum atomic E-state index is -4.13. The number of benzene rings is 3. The summed E-state index contributed by atoms with van der Waals surface area (Å²) in [5, 5.41) is 37.6. The van der Waals surface area contributed by atoms with Crippen molar-refractivity contribution in [1.82, 2.24) is 19.4 Å². The molecule has 1 aliphatic rings. The summed E-state index contributed by atoms with van der Waals surface area (Å²) in [6.07, 6.45) is -0.129. The first-order valence-electron chi connectivity index (χ1n) is 16.8. The average Bonchev–Trinajstić information content (AvgIpc) is 3.36. The Morgan fingerprint density at radius 3 is 2.25 bits per heavy atom. The lowest BCUT2D eigenvalue weighted by Gasteiger charge is -2.34. The van der Waals surface area contributed by atoms with Gasteiger partial charge >= 0.3 is 6.03 Å². The maximum Gasteiger partial charge on any atom is 0.328 e. The predicted octanol–water partition coefficient (Wildman–Crippen LogP) is 3.63. The van der Waals surface area contributed by atoms with Crippen molar-refractivity contribution in [2.75, 3.05) is 19.6 Å². The van der Waals surface area contributed by atoms with E-state index in [1.165, 1.54) is 42.5 Å². The minimum Gasteiger partial charge on any atom is -0.411 e. The number of sulfonamides is 1. The smallest absolute Gasteiger partial charge is 0.328 e. The molecule has 1 aliphatic heterocycles. The first-order chi connectivity index (χ1) is 24.6. The summed E-state index contributed by atoms with van der Waals surface area (Å²) in [5.74, 6) is -1.84. The van der Waals surface area contributed by atoms with Crippen LogP contribution < -0.4 is 5.32 Å². The second kappa shape index (κ2) is 17.4. The molecule has 1 saturated heterocycles. The topological polar surface area (TPSA) is 203 Å². The van der Waals surface area contributed by atoms with Gasteiger partial charge in [-0.2, -0.15) is 4.31 Å². The molecule has 4 amide bonds. The Hall–Kier alpha value is -5.19. The molecule has 0 saturated carbocycles. The Balaban J connectivity index is 1.59. The number of oxime groups is 1. The third kappa shape index (κ3) is 9.77. The van der Waals surface area contributed by atoms with Crippen molar-refractivity contribution in [1.29, 1.82) is 0 Å². The van der Waals surface area contributed by atoms with Gasteiger partial charge in [-0.15, -0.1) is 0 Å². The molecule has 1 fully saturated rings. The van der Waals surface area contributed by atoms with Gasteiger partial charge in [0.15, 0.2) is 0 Å². The van der Waals surface area contributed by atoms with Gasteiger partial charge in [-0.3, -0.25) is 24.6 Å². The SMILES string of the molecule is CC(C)CN(C[C@@H](O)[C@H](Cc1ccccc1)NC(=O)[C@H](C(C)C)N1CC(=O)N(Cc2cccc([N+](=O)[O-])c2)C1=O)S(=O)(=O)c1ccc(/C=N/O)cc1. The molecule has 3 atom stereocenters. The van der Waals surface area contributed by atoms with E-state index in [1.807, 2.05) is 19.9 Å². The van der Waals surface area contributed by atoms with Crippen molar-refractivity contribution in [3.05, 3.63) is 106 Å². The van der Waals surface area contributed by atoms with E-state index < -0.39 is 63.4 Å². The van der Waals surface area contributed by atoms with E-state index in [0.29, 0.717) is 11.1 Å². The minimum absolute atomic E-state index is 0.0363. The number of nitro groups is 1. The number of carbonyl (C=O) groups is 3. The molecule has 0 aromatic heterocycles. The van der Waals surface area contributed by atoms with Crippen molar-refractivity contribution in [2.45, 2.75) is 63.7 Å². The summed E-state index contributed by atoms with van der Waals surface area (Å²) in [5.41, 5.74) is 1.40. The highest BCUT2D eigenvalue weighted by atomic mass is 32.2. The molecule has 52 heavy (non-hydrogen) atoms. The van der Waals surface area contributed by atoms with Crippen LogP contribution in [-0.2, 0) is 32.6 Å². The number of hydrogen-bond donors (Lipinski definition) is 3. The summed E-state index contributed by atoms with van der Waals surface area (Å²) in [7, 11) is -4.13. The number of non-ortho nitro benzene ring substituents is 1. The molecule has 16 heteroatoms. The van der Waals surface area contributed by atoms with Crippen LogP contribution in [0.15, 0.2) is 88.9 Å². The number of nitrogens with one attached hydrogen (secondary N) is 1. The number of rotatable bonds is 17. The zero-order valence-corrected chi connectivity index (χ0v) is 30.2. The van der Waals surface area contributed by atoms with Gasteiger partial charge in [-0.05, 0) is 47.1 Å². The van der Waals surface area contributed by atoms with E-state index in [2.05, 4.69) is 10.5 Å². The monoisotopic (exact) mass is 736 g/mol. The lowest BCUT2D eigenvalue weighted by molar-refractivity contribution is -0.384. The van der Waals surface area contributed by atoms with Crippen molar-refractivity contribution < 1.29 is 38.0 Å². The number of carbonyl (C=O) groups excluding carboxylic acids is 3. The lowest BCUT2D eigenvalue weighted by atomic mass is 9.97. The molecule has 0 unspecified atom stereocenters. The van der Waals surface area contributed by atoms with Gasteiger partial charge in [0.1, 0.15) is 12.6 Å². The van der Waals surface area contributed by atoms with Crippen LogP contribution in [0, 0.1) is 22.0 Å². The Kier molecular flexibility index (Phi) is 13.2. The summed E-state index contributed by atoms with van der Waals surface area (Å²) >= 11 is 0. The molecule has 3 aromatic carbocycles. The average molecular weight is 737 g/mol. The van der Waals surface area contributed by atoms with Crippen molar-refractivity contribution in [3.8, 4) is 0 Å². The molecule has 3 aromatic rings.